The lowest BCUT2D eigenvalue weighted by Gasteiger charge is -2.08. The van der Waals surface area contributed by atoms with Gasteiger partial charge in [-0.05, 0) is 36.2 Å². The van der Waals surface area contributed by atoms with Crippen molar-refractivity contribution in [1.82, 2.24) is 20.6 Å². The average Bonchev–Trinajstić information content (AvgIpc) is 3.07. The number of amides is 2. The number of halogens is 2. The molecule has 0 aliphatic carbocycles. The van der Waals surface area contributed by atoms with Gasteiger partial charge >= 0.3 is 12.6 Å². The van der Waals surface area contributed by atoms with Crippen molar-refractivity contribution >= 4 is 17.1 Å². The third-order valence-corrected chi connectivity index (χ3v) is 3.92. The number of alkyl halides is 2. The Morgan fingerprint density at radius 2 is 1.89 bits per heavy atom. The van der Waals surface area contributed by atoms with Crippen LogP contribution in [-0.2, 0) is 13.0 Å². The molecular weight excluding hydrogens is 354 g/mol. The van der Waals surface area contributed by atoms with E-state index in [1.165, 1.54) is 12.1 Å². The number of aromatic nitrogens is 2. The van der Waals surface area contributed by atoms with Crippen LogP contribution in [-0.4, -0.2) is 29.2 Å². The third kappa shape index (κ3) is 5.67. The molecule has 27 heavy (non-hydrogen) atoms. The van der Waals surface area contributed by atoms with Gasteiger partial charge in [-0.3, -0.25) is 0 Å². The SMILES string of the molecule is O=C(NCCCc1nc2ccccc2[nH]1)NCc1ccc(OC(F)F)cc1. The van der Waals surface area contributed by atoms with Crippen LogP contribution in [0.4, 0.5) is 13.6 Å². The van der Waals surface area contributed by atoms with E-state index in [9.17, 15) is 13.6 Å². The van der Waals surface area contributed by atoms with Crippen LogP contribution in [0.15, 0.2) is 48.5 Å². The topological polar surface area (TPSA) is 79.0 Å². The molecule has 0 atom stereocenters. The first kappa shape index (κ1) is 18.6. The Bertz CT molecular complexity index is 848. The molecule has 1 heterocycles. The Labute approximate surface area is 154 Å². The maximum Gasteiger partial charge on any atom is 0.387 e. The van der Waals surface area contributed by atoms with Gasteiger partial charge in [-0.25, -0.2) is 9.78 Å². The molecule has 3 aromatic rings. The van der Waals surface area contributed by atoms with E-state index in [0.29, 0.717) is 13.1 Å². The van der Waals surface area contributed by atoms with Crippen molar-refractivity contribution in [2.24, 2.45) is 0 Å². The molecule has 8 heteroatoms. The Morgan fingerprint density at radius 3 is 2.63 bits per heavy atom. The number of fused-ring (bicyclic) bond motifs is 1. The molecule has 0 unspecified atom stereocenters. The zero-order chi connectivity index (χ0) is 19.1. The van der Waals surface area contributed by atoms with Crippen molar-refractivity contribution in [2.75, 3.05) is 6.54 Å². The maximum absolute atomic E-state index is 12.1. The first-order valence-corrected chi connectivity index (χ1v) is 8.59. The molecule has 0 saturated heterocycles. The van der Waals surface area contributed by atoms with Crippen molar-refractivity contribution in [1.29, 1.82) is 0 Å². The second-order valence-electron chi connectivity index (χ2n) is 5.94. The summed E-state index contributed by atoms with van der Waals surface area (Å²) in [7, 11) is 0. The van der Waals surface area contributed by atoms with Gasteiger partial charge in [-0.15, -0.1) is 0 Å². The molecule has 0 bridgehead atoms. The van der Waals surface area contributed by atoms with Crippen molar-refractivity contribution in [2.45, 2.75) is 26.0 Å². The van der Waals surface area contributed by atoms with Gasteiger partial charge in [0, 0.05) is 19.5 Å². The van der Waals surface area contributed by atoms with Crippen LogP contribution >= 0.6 is 0 Å². The molecule has 3 N–H and O–H groups in total. The molecule has 3 rings (SSSR count). The second kappa shape index (κ2) is 8.98. The Hall–Kier alpha value is -3.16. The predicted octanol–water partition coefficient (Wildman–Crippen LogP) is 3.60. The number of hydrogen-bond acceptors (Lipinski definition) is 3. The van der Waals surface area contributed by atoms with Crippen molar-refractivity contribution < 1.29 is 18.3 Å². The largest absolute Gasteiger partial charge is 0.435 e. The van der Waals surface area contributed by atoms with Gasteiger partial charge in [0.2, 0.25) is 0 Å². The summed E-state index contributed by atoms with van der Waals surface area (Å²) in [6.45, 7) is -2.03. The molecule has 2 aromatic carbocycles. The highest BCUT2D eigenvalue weighted by Gasteiger charge is 2.05. The van der Waals surface area contributed by atoms with Gasteiger partial charge in [0.15, 0.2) is 0 Å². The lowest BCUT2D eigenvalue weighted by atomic mass is 10.2. The summed E-state index contributed by atoms with van der Waals surface area (Å²) in [6.07, 6.45) is 1.49. The van der Waals surface area contributed by atoms with Crippen LogP contribution in [0.1, 0.15) is 17.8 Å². The third-order valence-electron chi connectivity index (χ3n) is 3.92. The summed E-state index contributed by atoms with van der Waals surface area (Å²) in [6, 6.07) is 13.7. The number of aromatic amines is 1. The number of nitrogens with zero attached hydrogens (tertiary/aromatic N) is 1. The number of para-hydroxylation sites is 2. The van der Waals surface area contributed by atoms with E-state index >= 15 is 0 Å². The highest BCUT2D eigenvalue weighted by atomic mass is 19.3. The zero-order valence-corrected chi connectivity index (χ0v) is 14.5. The normalized spacial score (nSPS) is 10.9. The lowest BCUT2D eigenvalue weighted by molar-refractivity contribution is -0.0498. The minimum Gasteiger partial charge on any atom is -0.435 e. The van der Waals surface area contributed by atoms with Gasteiger partial charge in [-0.1, -0.05) is 24.3 Å². The van der Waals surface area contributed by atoms with Gasteiger partial charge in [0.25, 0.3) is 0 Å². The summed E-state index contributed by atoms with van der Waals surface area (Å²) in [5.41, 5.74) is 2.72. The summed E-state index contributed by atoms with van der Waals surface area (Å²) in [4.78, 5) is 19.6. The van der Waals surface area contributed by atoms with Crippen LogP contribution in [0.5, 0.6) is 5.75 Å². The van der Waals surface area contributed by atoms with Gasteiger partial charge in [0.05, 0.1) is 11.0 Å². The fourth-order valence-electron chi connectivity index (χ4n) is 2.62. The first-order chi connectivity index (χ1) is 13.1. The summed E-state index contributed by atoms with van der Waals surface area (Å²) in [5, 5.41) is 5.50. The molecule has 0 saturated carbocycles. The summed E-state index contributed by atoms with van der Waals surface area (Å²) >= 11 is 0. The smallest absolute Gasteiger partial charge is 0.387 e. The molecule has 2 amide bonds. The molecule has 0 aliphatic heterocycles. The number of rotatable bonds is 8. The predicted molar refractivity (Wildman–Crippen MR) is 97.7 cm³/mol. The quantitative estimate of drug-likeness (QED) is 0.527. The van der Waals surface area contributed by atoms with Crippen LogP contribution in [0, 0.1) is 0 Å². The van der Waals surface area contributed by atoms with Crippen LogP contribution < -0.4 is 15.4 Å². The van der Waals surface area contributed by atoms with E-state index in [2.05, 4.69) is 25.3 Å². The number of benzene rings is 2. The van der Waals surface area contributed by atoms with E-state index in [1.54, 1.807) is 12.1 Å². The van der Waals surface area contributed by atoms with Crippen molar-refractivity contribution in [3.63, 3.8) is 0 Å². The highest BCUT2D eigenvalue weighted by molar-refractivity contribution is 5.75. The molecule has 142 valence electrons. The van der Waals surface area contributed by atoms with Crippen LogP contribution in [0.2, 0.25) is 0 Å². The molecule has 0 fully saturated rings. The number of ether oxygens (including phenoxy) is 1. The Balaban J connectivity index is 1.34. The van der Waals surface area contributed by atoms with Gasteiger partial charge in [0.1, 0.15) is 11.6 Å². The van der Waals surface area contributed by atoms with Crippen LogP contribution in [0.3, 0.4) is 0 Å². The van der Waals surface area contributed by atoms with Crippen molar-refractivity contribution in [3.8, 4) is 5.75 Å². The molecule has 0 aliphatic rings. The number of aryl methyl sites for hydroxylation is 1. The van der Waals surface area contributed by atoms with Crippen molar-refractivity contribution in [3.05, 3.63) is 59.9 Å². The van der Waals surface area contributed by atoms with E-state index in [0.717, 1.165) is 35.3 Å². The standard InChI is InChI=1S/C19H20F2N4O2/c20-18(21)27-14-9-7-13(8-10-14)12-23-19(26)22-11-3-6-17-24-15-4-1-2-5-16(15)25-17/h1-2,4-5,7-10,18H,3,6,11-12H2,(H,24,25)(H2,22,23,26). The number of carbonyl (C=O) groups excluding carboxylic acids is 1. The highest BCUT2D eigenvalue weighted by Crippen LogP contribution is 2.14. The summed E-state index contributed by atoms with van der Waals surface area (Å²) in [5.74, 6) is 0.980. The van der Waals surface area contributed by atoms with Gasteiger partial charge in [-0.2, -0.15) is 8.78 Å². The maximum atomic E-state index is 12.1. The fraction of sp³-hybridized carbons (Fsp3) is 0.263. The van der Waals surface area contributed by atoms with E-state index in [-0.39, 0.29) is 11.8 Å². The molecule has 0 spiro atoms. The van der Waals surface area contributed by atoms with E-state index < -0.39 is 6.61 Å². The number of hydrogen-bond donors (Lipinski definition) is 3. The first-order valence-electron chi connectivity index (χ1n) is 8.59. The zero-order valence-electron chi connectivity index (χ0n) is 14.5. The molecular formula is C19H20F2N4O2. The van der Waals surface area contributed by atoms with E-state index in [1.807, 2.05) is 24.3 Å². The lowest BCUT2D eigenvalue weighted by Crippen LogP contribution is -2.35. The monoisotopic (exact) mass is 374 g/mol. The molecule has 1 aromatic heterocycles. The molecule has 6 nitrogen and oxygen atoms in total. The number of nitrogens with one attached hydrogen (secondary N) is 3. The molecule has 0 radical (unpaired) electrons. The summed E-state index contributed by atoms with van der Waals surface area (Å²) < 4.78 is 28.5. The number of imidazole rings is 1. The minimum atomic E-state index is -2.85. The Morgan fingerprint density at radius 1 is 1.11 bits per heavy atom. The second-order valence-corrected chi connectivity index (χ2v) is 5.94. The fourth-order valence-corrected chi connectivity index (χ4v) is 2.62. The number of urea groups is 1. The minimum absolute atomic E-state index is 0.0868. The van der Waals surface area contributed by atoms with Gasteiger partial charge < -0.3 is 20.4 Å². The average molecular weight is 374 g/mol. The number of carbonyl (C=O) groups is 1. The Kier molecular flexibility index (Phi) is 6.19. The number of H-pyrrole nitrogens is 1. The van der Waals surface area contributed by atoms with Crippen LogP contribution in [0.25, 0.3) is 11.0 Å². The van der Waals surface area contributed by atoms with E-state index in [4.69, 9.17) is 0 Å².